The van der Waals surface area contributed by atoms with Gasteiger partial charge in [-0.25, -0.2) is 0 Å². The molecular formula is C20H28N2O4S. The number of likely N-dealkylation sites (tertiary alicyclic amines) is 1. The predicted octanol–water partition coefficient (Wildman–Crippen LogP) is 3.01. The highest BCUT2D eigenvalue weighted by Crippen LogP contribution is 2.45. The lowest BCUT2D eigenvalue weighted by atomic mass is 10.0. The molecule has 2 fully saturated rings. The summed E-state index contributed by atoms with van der Waals surface area (Å²) >= 11 is 1.85. The molecule has 1 spiro atoms. The third-order valence-electron chi connectivity index (χ3n) is 5.38. The summed E-state index contributed by atoms with van der Waals surface area (Å²) in [5.74, 6) is 2.38. The van der Waals surface area contributed by atoms with Crippen molar-refractivity contribution in [1.29, 1.82) is 0 Å². The summed E-state index contributed by atoms with van der Waals surface area (Å²) in [5, 5.41) is 0. The Morgan fingerprint density at radius 1 is 1.07 bits per heavy atom. The molecule has 7 heteroatoms. The monoisotopic (exact) mass is 392 g/mol. The molecule has 0 aliphatic carbocycles. The molecule has 6 nitrogen and oxygen atoms in total. The third-order valence-corrected chi connectivity index (χ3v) is 6.94. The second kappa shape index (κ2) is 8.42. The Morgan fingerprint density at radius 3 is 2.26 bits per heavy atom. The zero-order valence-corrected chi connectivity index (χ0v) is 17.1. The van der Waals surface area contributed by atoms with Gasteiger partial charge in [-0.3, -0.25) is 9.59 Å². The maximum Gasteiger partial charge on any atom is 0.255 e. The van der Waals surface area contributed by atoms with E-state index in [9.17, 15) is 9.59 Å². The van der Waals surface area contributed by atoms with Gasteiger partial charge < -0.3 is 19.3 Å². The second-order valence-electron chi connectivity index (χ2n) is 6.98. The SMILES string of the molecule is CCCC(=O)N1CCC2(CC1)SCCN2C(=O)c1cc(OC)cc(OC)c1. The van der Waals surface area contributed by atoms with Gasteiger partial charge >= 0.3 is 0 Å². The van der Waals surface area contributed by atoms with Crippen LogP contribution >= 0.6 is 11.8 Å². The third kappa shape index (κ3) is 4.03. The molecule has 0 N–H and O–H groups in total. The van der Waals surface area contributed by atoms with Crippen LogP contribution in [0.5, 0.6) is 11.5 Å². The smallest absolute Gasteiger partial charge is 0.255 e. The van der Waals surface area contributed by atoms with Gasteiger partial charge in [0.15, 0.2) is 0 Å². The fourth-order valence-electron chi connectivity index (χ4n) is 3.87. The van der Waals surface area contributed by atoms with Gasteiger partial charge in [-0.1, -0.05) is 6.92 Å². The van der Waals surface area contributed by atoms with E-state index in [-0.39, 0.29) is 16.7 Å². The molecule has 1 aromatic rings. The molecular weight excluding hydrogens is 364 g/mol. The molecule has 0 aromatic heterocycles. The summed E-state index contributed by atoms with van der Waals surface area (Å²) in [6.07, 6.45) is 3.11. The molecule has 2 heterocycles. The van der Waals surface area contributed by atoms with Crippen molar-refractivity contribution in [2.45, 2.75) is 37.5 Å². The highest BCUT2D eigenvalue weighted by Gasteiger charge is 2.47. The van der Waals surface area contributed by atoms with Crippen molar-refractivity contribution < 1.29 is 19.1 Å². The first-order valence-corrected chi connectivity index (χ1v) is 10.5. The number of carbonyl (C=O) groups is 2. The molecule has 2 aliphatic rings. The number of ether oxygens (including phenoxy) is 2. The van der Waals surface area contributed by atoms with Crippen molar-refractivity contribution in [3.8, 4) is 11.5 Å². The van der Waals surface area contributed by atoms with Crippen LogP contribution < -0.4 is 9.47 Å². The van der Waals surface area contributed by atoms with Gasteiger partial charge in [-0.2, -0.15) is 0 Å². The molecule has 27 heavy (non-hydrogen) atoms. The van der Waals surface area contributed by atoms with Gasteiger partial charge in [0.05, 0.1) is 19.1 Å². The average molecular weight is 393 g/mol. The first kappa shape index (κ1) is 19.9. The summed E-state index contributed by atoms with van der Waals surface area (Å²) < 4.78 is 10.6. The van der Waals surface area contributed by atoms with E-state index < -0.39 is 0 Å². The van der Waals surface area contributed by atoms with Crippen LogP contribution in [0.3, 0.4) is 0 Å². The molecule has 2 amide bonds. The van der Waals surface area contributed by atoms with Gasteiger partial charge in [0.2, 0.25) is 5.91 Å². The number of methoxy groups -OCH3 is 2. The van der Waals surface area contributed by atoms with Gasteiger partial charge in [-0.05, 0) is 31.4 Å². The lowest BCUT2D eigenvalue weighted by molar-refractivity contribution is -0.132. The molecule has 148 valence electrons. The Morgan fingerprint density at radius 2 is 1.70 bits per heavy atom. The Bertz CT molecular complexity index is 679. The van der Waals surface area contributed by atoms with Crippen LogP contribution in [0.1, 0.15) is 43.0 Å². The van der Waals surface area contributed by atoms with Crippen LogP contribution in [0.2, 0.25) is 0 Å². The first-order valence-electron chi connectivity index (χ1n) is 9.50. The minimum atomic E-state index is -0.212. The molecule has 3 rings (SSSR count). The van der Waals surface area contributed by atoms with E-state index in [1.54, 1.807) is 32.4 Å². The number of hydrogen-bond donors (Lipinski definition) is 0. The Labute approximate surface area is 165 Å². The van der Waals surface area contributed by atoms with Crippen LogP contribution in [-0.4, -0.2) is 66.1 Å². The first-order chi connectivity index (χ1) is 13.0. The molecule has 0 saturated carbocycles. The van der Waals surface area contributed by atoms with E-state index in [2.05, 4.69) is 0 Å². The summed E-state index contributed by atoms with van der Waals surface area (Å²) in [6, 6.07) is 5.30. The maximum atomic E-state index is 13.3. The van der Waals surface area contributed by atoms with Crippen LogP contribution in [0.4, 0.5) is 0 Å². The second-order valence-corrected chi connectivity index (χ2v) is 8.44. The van der Waals surface area contributed by atoms with E-state index in [1.165, 1.54) is 0 Å². The van der Waals surface area contributed by atoms with E-state index in [0.717, 1.165) is 44.6 Å². The summed E-state index contributed by atoms with van der Waals surface area (Å²) in [4.78, 5) is 29.2. The largest absolute Gasteiger partial charge is 0.497 e. The number of benzene rings is 1. The average Bonchev–Trinajstić information content (AvgIpc) is 3.10. The summed E-state index contributed by atoms with van der Waals surface area (Å²) in [5.41, 5.74) is 0.581. The number of rotatable bonds is 5. The summed E-state index contributed by atoms with van der Waals surface area (Å²) in [6.45, 7) is 4.19. The van der Waals surface area contributed by atoms with E-state index in [4.69, 9.17) is 9.47 Å². The fourth-order valence-corrected chi connectivity index (χ4v) is 5.33. The number of piperidine rings is 1. The lowest BCUT2D eigenvalue weighted by Crippen LogP contribution is -2.53. The highest BCUT2D eigenvalue weighted by molar-refractivity contribution is 8.00. The Balaban J connectivity index is 1.77. The molecule has 0 unspecified atom stereocenters. The molecule has 0 bridgehead atoms. The van der Waals surface area contributed by atoms with E-state index >= 15 is 0 Å². The summed E-state index contributed by atoms with van der Waals surface area (Å²) in [7, 11) is 3.17. The molecule has 0 radical (unpaired) electrons. The molecule has 1 aromatic carbocycles. The standard InChI is InChI=1S/C20H28N2O4S/c1-4-5-18(23)21-8-6-20(7-9-21)22(10-11-27-20)19(24)15-12-16(25-2)14-17(13-15)26-3/h12-14H,4-11H2,1-3H3. The number of amides is 2. The van der Waals surface area contributed by atoms with Gasteiger partial charge in [-0.15, -0.1) is 11.8 Å². The fraction of sp³-hybridized carbons (Fsp3) is 0.600. The molecule has 0 atom stereocenters. The van der Waals surface area contributed by atoms with E-state index in [1.807, 2.05) is 28.5 Å². The van der Waals surface area contributed by atoms with Crippen LogP contribution in [0, 0.1) is 0 Å². The number of hydrogen-bond acceptors (Lipinski definition) is 5. The van der Waals surface area contributed by atoms with Gasteiger partial charge in [0.25, 0.3) is 5.91 Å². The number of thioether (sulfide) groups is 1. The minimum absolute atomic E-state index is 0.00512. The van der Waals surface area contributed by atoms with Crippen LogP contribution in [-0.2, 0) is 4.79 Å². The normalized spacial score (nSPS) is 18.6. The van der Waals surface area contributed by atoms with Crippen molar-refractivity contribution in [3.63, 3.8) is 0 Å². The van der Waals surface area contributed by atoms with Crippen molar-refractivity contribution >= 4 is 23.6 Å². The molecule has 2 aliphatic heterocycles. The van der Waals surface area contributed by atoms with Gasteiger partial charge in [0.1, 0.15) is 11.5 Å². The minimum Gasteiger partial charge on any atom is -0.497 e. The van der Waals surface area contributed by atoms with Crippen LogP contribution in [0.25, 0.3) is 0 Å². The maximum absolute atomic E-state index is 13.3. The quantitative estimate of drug-likeness (QED) is 0.771. The van der Waals surface area contributed by atoms with Gasteiger partial charge in [0, 0.05) is 43.4 Å². The van der Waals surface area contributed by atoms with Crippen molar-refractivity contribution in [2.24, 2.45) is 0 Å². The topological polar surface area (TPSA) is 59.1 Å². The number of carbonyl (C=O) groups excluding carboxylic acids is 2. The lowest BCUT2D eigenvalue weighted by Gasteiger charge is -2.44. The Hall–Kier alpha value is -1.89. The zero-order chi connectivity index (χ0) is 19.4. The Kier molecular flexibility index (Phi) is 6.19. The van der Waals surface area contributed by atoms with Crippen molar-refractivity contribution in [1.82, 2.24) is 9.80 Å². The van der Waals surface area contributed by atoms with E-state index in [0.29, 0.717) is 23.5 Å². The molecule has 2 saturated heterocycles. The zero-order valence-electron chi connectivity index (χ0n) is 16.3. The highest BCUT2D eigenvalue weighted by atomic mass is 32.2. The predicted molar refractivity (Wildman–Crippen MR) is 106 cm³/mol. The van der Waals surface area contributed by atoms with Crippen molar-refractivity contribution in [2.75, 3.05) is 39.6 Å². The van der Waals surface area contributed by atoms with Crippen molar-refractivity contribution in [3.05, 3.63) is 23.8 Å². The van der Waals surface area contributed by atoms with Crippen LogP contribution in [0.15, 0.2) is 18.2 Å². The number of nitrogens with zero attached hydrogens (tertiary/aromatic N) is 2.